The third kappa shape index (κ3) is 7.74. The minimum Gasteiger partial charge on any atom is -0.463 e. The van der Waals surface area contributed by atoms with E-state index in [1.807, 2.05) is 30.3 Å². The molecule has 5 atom stereocenters. The number of rotatable bonds is 11. The summed E-state index contributed by atoms with van der Waals surface area (Å²) in [7, 11) is 0. The zero-order valence-corrected chi connectivity index (χ0v) is 20.2. The molecule has 0 radical (unpaired) electrons. The van der Waals surface area contributed by atoms with Gasteiger partial charge in [-0.15, -0.1) is 6.58 Å². The van der Waals surface area contributed by atoms with E-state index in [2.05, 4.69) is 6.58 Å². The normalized spacial score (nSPS) is 23.3. The van der Waals surface area contributed by atoms with Crippen molar-refractivity contribution in [3.05, 3.63) is 84.4 Å². The third-order valence-corrected chi connectivity index (χ3v) is 5.27. The molecule has 1 aliphatic heterocycles. The first-order valence-electron chi connectivity index (χ1n) is 11.5. The summed E-state index contributed by atoms with van der Waals surface area (Å²) in [6.07, 6.45) is -3.74. The van der Waals surface area contributed by atoms with E-state index in [9.17, 15) is 14.4 Å². The summed E-state index contributed by atoms with van der Waals surface area (Å²) in [6, 6.07) is 17.8. The first-order chi connectivity index (χ1) is 17.4. The number of carbonyl (C=O) groups is 3. The van der Waals surface area contributed by atoms with Gasteiger partial charge in [-0.2, -0.15) is 0 Å². The van der Waals surface area contributed by atoms with Crippen LogP contribution in [-0.2, 0) is 44.6 Å². The van der Waals surface area contributed by atoms with Crippen molar-refractivity contribution in [2.45, 2.75) is 51.2 Å². The van der Waals surface area contributed by atoms with Gasteiger partial charge in [0, 0.05) is 13.8 Å². The van der Waals surface area contributed by atoms with Gasteiger partial charge in [-0.25, -0.2) is 4.79 Å². The van der Waals surface area contributed by atoms with Gasteiger partial charge >= 0.3 is 17.9 Å². The molecule has 0 amide bonds. The first kappa shape index (κ1) is 27.1. The first-order valence-corrected chi connectivity index (χ1v) is 11.5. The van der Waals surface area contributed by atoms with Gasteiger partial charge in [0.25, 0.3) is 0 Å². The van der Waals surface area contributed by atoms with Crippen LogP contribution in [0.15, 0.2) is 73.3 Å². The SMILES string of the molecule is C=CCO[C@@H]1[C@@H](OC(C)=O)O[C@H](COC(C)=O)[C@@H](OCc2ccccc2)[C@@H]1OC(=O)c1ccccc1. The van der Waals surface area contributed by atoms with Crippen molar-refractivity contribution in [1.82, 2.24) is 0 Å². The number of benzene rings is 2. The second-order valence-electron chi connectivity index (χ2n) is 8.04. The highest BCUT2D eigenvalue weighted by atomic mass is 16.7. The van der Waals surface area contributed by atoms with Gasteiger partial charge in [0.05, 0.1) is 18.8 Å². The molecule has 2 aromatic rings. The lowest BCUT2D eigenvalue weighted by molar-refractivity contribution is -0.306. The van der Waals surface area contributed by atoms with E-state index in [0.717, 1.165) is 5.56 Å². The average Bonchev–Trinajstić information content (AvgIpc) is 2.87. The van der Waals surface area contributed by atoms with E-state index >= 15 is 0 Å². The van der Waals surface area contributed by atoms with E-state index in [0.29, 0.717) is 5.56 Å². The van der Waals surface area contributed by atoms with Crippen LogP contribution in [0.25, 0.3) is 0 Å². The Hall–Kier alpha value is -3.53. The maximum Gasteiger partial charge on any atom is 0.338 e. The molecule has 0 aliphatic carbocycles. The topological polar surface area (TPSA) is 107 Å². The van der Waals surface area contributed by atoms with Gasteiger partial charge in [-0.05, 0) is 17.7 Å². The van der Waals surface area contributed by atoms with E-state index in [1.54, 1.807) is 30.3 Å². The molecule has 0 saturated carbocycles. The largest absolute Gasteiger partial charge is 0.463 e. The van der Waals surface area contributed by atoms with Gasteiger partial charge in [-0.3, -0.25) is 9.59 Å². The van der Waals surface area contributed by atoms with Crippen molar-refractivity contribution < 1.29 is 42.8 Å². The predicted molar refractivity (Wildman–Crippen MR) is 128 cm³/mol. The average molecular weight is 499 g/mol. The second kappa shape index (κ2) is 13.5. The van der Waals surface area contributed by atoms with Crippen molar-refractivity contribution in [3.8, 4) is 0 Å². The molecule has 0 aromatic heterocycles. The Kier molecular flexibility index (Phi) is 10.2. The number of ether oxygens (including phenoxy) is 6. The zero-order chi connectivity index (χ0) is 25.9. The lowest BCUT2D eigenvalue weighted by Crippen LogP contribution is -2.62. The Labute approximate surface area is 209 Å². The van der Waals surface area contributed by atoms with Crippen LogP contribution in [0.4, 0.5) is 0 Å². The highest BCUT2D eigenvalue weighted by molar-refractivity contribution is 5.89. The summed E-state index contributed by atoms with van der Waals surface area (Å²) in [6.45, 7) is 6.12. The molecule has 36 heavy (non-hydrogen) atoms. The van der Waals surface area contributed by atoms with Gasteiger partial charge in [0.1, 0.15) is 18.8 Å². The molecule has 0 N–H and O–H groups in total. The van der Waals surface area contributed by atoms with Crippen LogP contribution in [0.2, 0.25) is 0 Å². The molecular formula is C27H30O9. The molecule has 1 fully saturated rings. The maximum atomic E-state index is 13.1. The minimum absolute atomic E-state index is 0.0607. The van der Waals surface area contributed by atoms with E-state index in [-0.39, 0.29) is 19.8 Å². The van der Waals surface area contributed by atoms with Crippen LogP contribution in [0.1, 0.15) is 29.8 Å². The zero-order valence-electron chi connectivity index (χ0n) is 20.2. The Balaban J connectivity index is 1.96. The molecule has 1 aliphatic rings. The fraction of sp³-hybridized carbons (Fsp3) is 0.370. The van der Waals surface area contributed by atoms with Crippen molar-refractivity contribution in [1.29, 1.82) is 0 Å². The smallest absolute Gasteiger partial charge is 0.338 e. The van der Waals surface area contributed by atoms with Gasteiger partial charge < -0.3 is 28.4 Å². The summed E-state index contributed by atoms with van der Waals surface area (Å²) < 4.78 is 34.5. The number of carbonyl (C=O) groups excluding carboxylic acids is 3. The molecular weight excluding hydrogens is 468 g/mol. The lowest BCUT2D eigenvalue weighted by Gasteiger charge is -2.44. The van der Waals surface area contributed by atoms with Crippen LogP contribution >= 0.6 is 0 Å². The fourth-order valence-corrected chi connectivity index (χ4v) is 3.69. The summed E-state index contributed by atoms with van der Waals surface area (Å²) in [5.74, 6) is -1.79. The van der Waals surface area contributed by atoms with Crippen LogP contribution in [0.5, 0.6) is 0 Å². The minimum atomic E-state index is -1.26. The number of hydrogen-bond acceptors (Lipinski definition) is 9. The molecule has 1 saturated heterocycles. The quantitative estimate of drug-likeness (QED) is 0.262. The third-order valence-electron chi connectivity index (χ3n) is 5.27. The number of esters is 3. The Morgan fingerprint density at radius 3 is 2.14 bits per heavy atom. The Morgan fingerprint density at radius 2 is 1.53 bits per heavy atom. The van der Waals surface area contributed by atoms with Crippen molar-refractivity contribution in [2.75, 3.05) is 13.2 Å². The van der Waals surface area contributed by atoms with E-state index in [4.69, 9.17) is 28.4 Å². The van der Waals surface area contributed by atoms with Crippen LogP contribution in [-0.4, -0.2) is 61.8 Å². The van der Waals surface area contributed by atoms with E-state index < -0.39 is 48.6 Å². The standard InChI is InChI=1S/C27H30O9/c1-4-15-31-25-24(36-26(30)21-13-9-6-10-14-21)23(33-16-20-11-7-5-8-12-20)22(17-32-18(2)28)35-27(25)34-19(3)29/h4-14,22-25,27H,1,15-17H2,2-3H3/t22-,23-,24+,25+,27+/m1/s1. The molecule has 3 rings (SSSR count). The molecule has 9 heteroatoms. The molecule has 2 aromatic carbocycles. The summed E-state index contributed by atoms with van der Waals surface area (Å²) in [5, 5.41) is 0. The molecule has 0 spiro atoms. The van der Waals surface area contributed by atoms with Crippen LogP contribution < -0.4 is 0 Å². The monoisotopic (exact) mass is 498 g/mol. The van der Waals surface area contributed by atoms with Gasteiger partial charge in [-0.1, -0.05) is 54.6 Å². The lowest BCUT2D eigenvalue weighted by atomic mass is 9.97. The van der Waals surface area contributed by atoms with E-state index in [1.165, 1.54) is 19.9 Å². The van der Waals surface area contributed by atoms with Crippen molar-refractivity contribution in [2.24, 2.45) is 0 Å². The fourth-order valence-electron chi connectivity index (χ4n) is 3.69. The summed E-state index contributed by atoms with van der Waals surface area (Å²) in [5.41, 5.74) is 1.18. The number of hydrogen-bond donors (Lipinski definition) is 0. The van der Waals surface area contributed by atoms with Crippen molar-refractivity contribution in [3.63, 3.8) is 0 Å². The molecule has 0 unspecified atom stereocenters. The van der Waals surface area contributed by atoms with Crippen LogP contribution in [0.3, 0.4) is 0 Å². The highest BCUT2D eigenvalue weighted by Gasteiger charge is 2.51. The maximum absolute atomic E-state index is 13.1. The molecule has 9 nitrogen and oxygen atoms in total. The van der Waals surface area contributed by atoms with Gasteiger partial charge in [0.15, 0.2) is 12.2 Å². The highest BCUT2D eigenvalue weighted by Crippen LogP contribution is 2.31. The van der Waals surface area contributed by atoms with Gasteiger partial charge in [0.2, 0.25) is 6.29 Å². The molecule has 0 bridgehead atoms. The van der Waals surface area contributed by atoms with Crippen LogP contribution in [0, 0.1) is 0 Å². The summed E-state index contributed by atoms with van der Waals surface area (Å²) in [4.78, 5) is 36.5. The Morgan fingerprint density at radius 1 is 0.861 bits per heavy atom. The molecule has 192 valence electrons. The predicted octanol–water partition coefficient (Wildman–Crippen LogP) is 3.22. The summed E-state index contributed by atoms with van der Waals surface area (Å²) >= 11 is 0. The second-order valence-corrected chi connectivity index (χ2v) is 8.04. The molecule has 1 heterocycles. The van der Waals surface area contributed by atoms with Crippen molar-refractivity contribution >= 4 is 17.9 Å². The Bertz CT molecular complexity index is 1010.